The van der Waals surface area contributed by atoms with Gasteiger partial charge in [-0.05, 0) is 61.0 Å². The van der Waals surface area contributed by atoms with Crippen LogP contribution in [0.2, 0.25) is 0 Å². The molecule has 0 aliphatic heterocycles. The molecule has 3 nitrogen and oxygen atoms in total. The van der Waals surface area contributed by atoms with Crippen LogP contribution in [0.25, 0.3) is 11.3 Å². The minimum Gasteiger partial charge on any atom is -0.443 e. The molecule has 0 aliphatic carbocycles. The maximum Gasteiger partial charge on any atom is 0.418 e. The number of ether oxygens (including phenoxy) is 1. The number of halogens is 2. The van der Waals surface area contributed by atoms with Crippen molar-refractivity contribution in [2.75, 3.05) is 0 Å². The van der Waals surface area contributed by atoms with Crippen molar-refractivity contribution in [3.63, 3.8) is 0 Å². The second-order valence-corrected chi connectivity index (χ2v) is 6.19. The zero-order valence-corrected chi connectivity index (χ0v) is 13.1. The lowest BCUT2D eigenvalue weighted by atomic mass is 10.1. The third-order valence-corrected chi connectivity index (χ3v) is 3.22. The highest BCUT2D eigenvalue weighted by molar-refractivity contribution is 9.10. The molecule has 106 valence electrons. The predicted octanol–water partition coefficient (Wildman–Crippen LogP) is 4.84. The molecule has 20 heavy (non-hydrogen) atoms. The van der Waals surface area contributed by atoms with Gasteiger partial charge in [0.1, 0.15) is 11.4 Å². The van der Waals surface area contributed by atoms with E-state index in [-0.39, 0.29) is 0 Å². The molecular weight excluding hydrogens is 325 g/mol. The van der Waals surface area contributed by atoms with E-state index in [4.69, 9.17) is 4.74 Å². The summed E-state index contributed by atoms with van der Waals surface area (Å²) in [4.78, 5) is 12.1. The highest BCUT2D eigenvalue weighted by atomic mass is 79.9. The molecule has 2 aromatic rings. The zero-order valence-electron chi connectivity index (χ0n) is 11.5. The molecule has 0 bridgehead atoms. The van der Waals surface area contributed by atoms with E-state index in [1.807, 2.05) is 0 Å². The summed E-state index contributed by atoms with van der Waals surface area (Å²) in [6.45, 7) is 5.35. The van der Waals surface area contributed by atoms with Crippen LogP contribution in [-0.4, -0.2) is 16.3 Å². The summed E-state index contributed by atoms with van der Waals surface area (Å²) in [5.74, 6) is -0.400. The molecule has 0 radical (unpaired) electrons. The molecule has 0 amide bonds. The van der Waals surface area contributed by atoms with Gasteiger partial charge >= 0.3 is 6.09 Å². The fourth-order valence-electron chi connectivity index (χ4n) is 1.80. The normalized spacial score (nSPS) is 11.4. The van der Waals surface area contributed by atoms with Gasteiger partial charge in [0.2, 0.25) is 0 Å². The number of aromatic nitrogens is 1. The largest absolute Gasteiger partial charge is 0.443 e. The summed E-state index contributed by atoms with van der Waals surface area (Å²) < 4.78 is 21.2. The fourth-order valence-corrected chi connectivity index (χ4v) is 2.34. The van der Waals surface area contributed by atoms with Crippen LogP contribution < -0.4 is 0 Å². The van der Waals surface area contributed by atoms with Crippen molar-refractivity contribution in [3.05, 3.63) is 46.8 Å². The minimum absolute atomic E-state index is 0.336. The van der Waals surface area contributed by atoms with Crippen LogP contribution in [0.3, 0.4) is 0 Å². The second-order valence-electron chi connectivity index (χ2n) is 5.34. The Morgan fingerprint density at radius 2 is 1.95 bits per heavy atom. The number of hydrogen-bond acceptors (Lipinski definition) is 2. The van der Waals surface area contributed by atoms with Crippen molar-refractivity contribution < 1.29 is 13.9 Å². The van der Waals surface area contributed by atoms with E-state index in [0.717, 1.165) is 0 Å². The Morgan fingerprint density at radius 1 is 1.25 bits per heavy atom. The van der Waals surface area contributed by atoms with Crippen molar-refractivity contribution in [3.8, 4) is 11.3 Å². The summed E-state index contributed by atoms with van der Waals surface area (Å²) in [5, 5.41) is 0. The molecule has 0 atom stereocenters. The number of benzene rings is 1. The van der Waals surface area contributed by atoms with Gasteiger partial charge in [0.15, 0.2) is 0 Å². The average molecular weight is 340 g/mol. The van der Waals surface area contributed by atoms with E-state index in [1.54, 1.807) is 51.2 Å². The topological polar surface area (TPSA) is 31.2 Å². The van der Waals surface area contributed by atoms with Gasteiger partial charge in [0.05, 0.1) is 5.69 Å². The second kappa shape index (κ2) is 5.40. The Bertz CT molecular complexity index is 623. The van der Waals surface area contributed by atoms with E-state index in [0.29, 0.717) is 15.7 Å². The molecule has 0 saturated heterocycles. The number of rotatable bonds is 1. The third-order valence-electron chi connectivity index (χ3n) is 2.56. The summed E-state index contributed by atoms with van der Waals surface area (Å²) in [6, 6.07) is 8.03. The van der Waals surface area contributed by atoms with Crippen molar-refractivity contribution in [1.29, 1.82) is 0 Å². The van der Waals surface area contributed by atoms with E-state index < -0.39 is 17.5 Å². The quantitative estimate of drug-likeness (QED) is 0.744. The highest BCUT2D eigenvalue weighted by Crippen LogP contribution is 2.31. The summed E-state index contributed by atoms with van der Waals surface area (Å²) in [5.41, 5.74) is 0.179. The van der Waals surface area contributed by atoms with E-state index in [1.165, 1.54) is 10.6 Å². The van der Waals surface area contributed by atoms with Crippen molar-refractivity contribution in [1.82, 2.24) is 4.57 Å². The van der Waals surface area contributed by atoms with Crippen molar-refractivity contribution in [2.45, 2.75) is 26.4 Å². The SMILES string of the molecule is CC(C)(C)OC(=O)n1cccc1-c1c(F)cccc1Br. The van der Waals surface area contributed by atoms with Gasteiger partial charge < -0.3 is 4.74 Å². The number of carbonyl (C=O) groups is 1. The Hall–Kier alpha value is -1.62. The van der Waals surface area contributed by atoms with Gasteiger partial charge in [0.25, 0.3) is 0 Å². The molecule has 0 N–H and O–H groups in total. The van der Waals surface area contributed by atoms with E-state index in [2.05, 4.69) is 15.9 Å². The molecule has 5 heteroatoms. The summed E-state index contributed by atoms with van der Waals surface area (Å²) in [7, 11) is 0. The lowest BCUT2D eigenvalue weighted by Gasteiger charge is -2.20. The summed E-state index contributed by atoms with van der Waals surface area (Å²) in [6.07, 6.45) is 1.02. The van der Waals surface area contributed by atoms with E-state index >= 15 is 0 Å². The Morgan fingerprint density at radius 3 is 2.55 bits per heavy atom. The first-order valence-corrected chi connectivity index (χ1v) is 6.94. The van der Waals surface area contributed by atoms with Crippen LogP contribution in [0.5, 0.6) is 0 Å². The van der Waals surface area contributed by atoms with Crippen LogP contribution in [0.1, 0.15) is 20.8 Å². The molecule has 1 aromatic heterocycles. The lowest BCUT2D eigenvalue weighted by molar-refractivity contribution is 0.0540. The average Bonchev–Trinajstić information content (AvgIpc) is 2.75. The first-order chi connectivity index (χ1) is 9.29. The van der Waals surface area contributed by atoms with Gasteiger partial charge in [-0.15, -0.1) is 0 Å². The van der Waals surface area contributed by atoms with Crippen LogP contribution in [-0.2, 0) is 4.74 Å². The minimum atomic E-state index is -0.606. The third kappa shape index (κ3) is 3.10. The van der Waals surface area contributed by atoms with E-state index in [9.17, 15) is 9.18 Å². The predicted molar refractivity (Wildman–Crippen MR) is 79.2 cm³/mol. The maximum absolute atomic E-state index is 14.0. The van der Waals surface area contributed by atoms with Crippen LogP contribution in [0.15, 0.2) is 41.0 Å². The number of nitrogens with zero attached hydrogens (tertiary/aromatic N) is 1. The Labute approximate surface area is 125 Å². The van der Waals surface area contributed by atoms with Gasteiger partial charge in [0, 0.05) is 16.2 Å². The van der Waals surface area contributed by atoms with Gasteiger partial charge in [-0.2, -0.15) is 0 Å². The molecule has 2 rings (SSSR count). The van der Waals surface area contributed by atoms with Gasteiger partial charge in [-0.1, -0.05) is 6.07 Å². The Kier molecular flexibility index (Phi) is 3.99. The van der Waals surface area contributed by atoms with Crippen LogP contribution in [0, 0.1) is 5.82 Å². The molecule has 1 aromatic carbocycles. The molecular formula is C15H15BrFNO2. The molecule has 0 saturated carbocycles. The lowest BCUT2D eigenvalue weighted by Crippen LogP contribution is -2.27. The molecule has 0 spiro atoms. The smallest absolute Gasteiger partial charge is 0.418 e. The zero-order chi connectivity index (χ0) is 14.9. The summed E-state index contributed by atoms with van der Waals surface area (Å²) >= 11 is 3.31. The monoisotopic (exact) mass is 339 g/mol. The molecule has 0 unspecified atom stereocenters. The first-order valence-electron chi connectivity index (χ1n) is 6.15. The Balaban J connectivity index is 2.46. The van der Waals surface area contributed by atoms with Crippen LogP contribution in [0.4, 0.5) is 9.18 Å². The molecule has 0 aliphatic rings. The standard InChI is InChI=1S/C15H15BrFNO2/c1-15(2,3)20-14(19)18-9-5-8-12(18)13-10(16)6-4-7-11(13)17/h4-9H,1-3H3. The number of carbonyl (C=O) groups excluding carboxylic acids is 1. The highest BCUT2D eigenvalue weighted by Gasteiger charge is 2.21. The van der Waals surface area contributed by atoms with Gasteiger partial charge in [-0.25, -0.2) is 9.18 Å². The number of hydrogen-bond donors (Lipinski definition) is 0. The van der Waals surface area contributed by atoms with Crippen molar-refractivity contribution >= 4 is 22.0 Å². The van der Waals surface area contributed by atoms with Crippen molar-refractivity contribution in [2.24, 2.45) is 0 Å². The molecule has 1 heterocycles. The van der Waals surface area contributed by atoms with Crippen LogP contribution >= 0.6 is 15.9 Å². The maximum atomic E-state index is 14.0. The first kappa shape index (κ1) is 14.8. The molecule has 0 fully saturated rings. The van der Waals surface area contributed by atoms with Gasteiger partial charge in [-0.3, -0.25) is 4.57 Å². The fraction of sp³-hybridized carbons (Fsp3) is 0.267.